The van der Waals surface area contributed by atoms with E-state index in [1.165, 1.54) is 0 Å². The molecule has 0 aromatic heterocycles. The van der Waals surface area contributed by atoms with Gasteiger partial charge in [-0.05, 0) is 30.0 Å². The third-order valence-corrected chi connectivity index (χ3v) is 3.94. The molecule has 118 valence electrons. The summed E-state index contributed by atoms with van der Waals surface area (Å²) in [7, 11) is 0. The van der Waals surface area contributed by atoms with Crippen molar-refractivity contribution in [2.45, 2.75) is 34.1 Å². The lowest BCUT2D eigenvalue weighted by Crippen LogP contribution is -2.33. The molecule has 0 fully saturated rings. The van der Waals surface area contributed by atoms with Crippen molar-refractivity contribution in [3.05, 3.63) is 33.3 Å². The Morgan fingerprint density at radius 3 is 2.24 bits per heavy atom. The maximum absolute atomic E-state index is 12.3. The fourth-order valence-corrected chi connectivity index (χ4v) is 3.18. The van der Waals surface area contributed by atoms with Crippen LogP contribution in [0.4, 0.5) is 0 Å². The molecular formula is C17H25BrClNO. The summed E-state index contributed by atoms with van der Waals surface area (Å²) in [5.41, 5.74) is 0.619. The first kappa shape index (κ1) is 18.7. The first-order valence-corrected chi connectivity index (χ1v) is 8.67. The third kappa shape index (κ3) is 6.94. The maximum Gasteiger partial charge on any atom is 0.165 e. The zero-order chi connectivity index (χ0) is 16.0. The molecule has 0 saturated carbocycles. The van der Waals surface area contributed by atoms with E-state index in [0.717, 1.165) is 24.1 Å². The lowest BCUT2D eigenvalue weighted by Gasteiger charge is -2.25. The lowest BCUT2D eigenvalue weighted by atomic mass is 10.1. The minimum Gasteiger partial charge on any atom is -0.302 e. The van der Waals surface area contributed by atoms with Gasteiger partial charge in [0, 0.05) is 36.1 Å². The van der Waals surface area contributed by atoms with Crippen LogP contribution in [0.5, 0.6) is 0 Å². The van der Waals surface area contributed by atoms with E-state index >= 15 is 0 Å². The van der Waals surface area contributed by atoms with Gasteiger partial charge in [0.05, 0.1) is 5.02 Å². The van der Waals surface area contributed by atoms with Crippen LogP contribution in [-0.4, -0.2) is 30.3 Å². The Balaban J connectivity index is 2.63. The second kappa shape index (κ2) is 8.92. The number of hydrogen-bond donors (Lipinski definition) is 0. The summed E-state index contributed by atoms with van der Waals surface area (Å²) in [6.45, 7) is 11.7. The van der Waals surface area contributed by atoms with Gasteiger partial charge in [-0.3, -0.25) is 4.79 Å². The quantitative estimate of drug-likeness (QED) is 0.576. The summed E-state index contributed by atoms with van der Waals surface area (Å²) < 4.78 is 0.894. The van der Waals surface area contributed by atoms with Crippen LogP contribution in [0, 0.1) is 11.8 Å². The standard InChI is InChI=1S/C17H25BrClNO/c1-12(2)10-20(11-13(3)4)8-7-17(21)15-6-5-14(18)9-16(15)19/h5-6,9,12-13H,7-8,10-11H2,1-4H3. The Kier molecular flexibility index (Phi) is 7.93. The molecular weight excluding hydrogens is 350 g/mol. The highest BCUT2D eigenvalue weighted by atomic mass is 79.9. The number of ketones is 1. The van der Waals surface area contributed by atoms with E-state index in [2.05, 4.69) is 48.5 Å². The molecule has 0 aliphatic heterocycles. The summed E-state index contributed by atoms with van der Waals surface area (Å²) in [5.74, 6) is 1.33. The van der Waals surface area contributed by atoms with Crippen LogP contribution < -0.4 is 0 Å². The Labute approximate surface area is 142 Å². The van der Waals surface area contributed by atoms with Crippen molar-refractivity contribution in [1.82, 2.24) is 4.90 Å². The van der Waals surface area contributed by atoms with Crippen LogP contribution in [0.2, 0.25) is 5.02 Å². The van der Waals surface area contributed by atoms with Gasteiger partial charge in [-0.15, -0.1) is 0 Å². The van der Waals surface area contributed by atoms with Gasteiger partial charge in [0.15, 0.2) is 5.78 Å². The monoisotopic (exact) mass is 373 g/mol. The third-order valence-electron chi connectivity index (χ3n) is 3.13. The topological polar surface area (TPSA) is 20.3 Å². The Hall–Kier alpha value is -0.380. The molecule has 0 aliphatic rings. The lowest BCUT2D eigenvalue weighted by molar-refractivity contribution is 0.0956. The largest absolute Gasteiger partial charge is 0.302 e. The van der Waals surface area contributed by atoms with Crippen molar-refractivity contribution >= 4 is 33.3 Å². The van der Waals surface area contributed by atoms with Gasteiger partial charge in [0.25, 0.3) is 0 Å². The van der Waals surface area contributed by atoms with Crippen LogP contribution in [0.1, 0.15) is 44.5 Å². The van der Waals surface area contributed by atoms with Crippen molar-refractivity contribution in [3.63, 3.8) is 0 Å². The molecule has 0 unspecified atom stereocenters. The minimum atomic E-state index is 0.116. The number of carbonyl (C=O) groups is 1. The molecule has 21 heavy (non-hydrogen) atoms. The van der Waals surface area contributed by atoms with E-state index in [1.54, 1.807) is 12.1 Å². The number of hydrogen-bond acceptors (Lipinski definition) is 2. The molecule has 0 radical (unpaired) electrons. The summed E-state index contributed by atoms with van der Waals surface area (Å²) in [6.07, 6.45) is 0.515. The van der Waals surface area contributed by atoms with Crippen LogP contribution in [0.15, 0.2) is 22.7 Å². The highest BCUT2D eigenvalue weighted by Gasteiger charge is 2.14. The van der Waals surface area contributed by atoms with Gasteiger partial charge in [-0.2, -0.15) is 0 Å². The molecule has 0 saturated heterocycles. The number of rotatable bonds is 8. The minimum absolute atomic E-state index is 0.116. The normalized spacial score (nSPS) is 11.7. The molecule has 1 aromatic carbocycles. The fourth-order valence-electron chi connectivity index (χ4n) is 2.40. The molecule has 1 aromatic rings. The molecule has 0 amide bonds. The zero-order valence-corrected chi connectivity index (χ0v) is 15.7. The number of nitrogens with zero attached hydrogens (tertiary/aromatic N) is 1. The van der Waals surface area contributed by atoms with Gasteiger partial charge in [-0.25, -0.2) is 0 Å². The van der Waals surface area contributed by atoms with E-state index in [-0.39, 0.29) is 5.78 Å². The van der Waals surface area contributed by atoms with Crippen molar-refractivity contribution < 1.29 is 4.79 Å². The highest BCUT2D eigenvalue weighted by molar-refractivity contribution is 9.10. The van der Waals surface area contributed by atoms with Gasteiger partial charge in [-0.1, -0.05) is 55.2 Å². The zero-order valence-electron chi connectivity index (χ0n) is 13.3. The predicted octanol–water partition coefficient (Wildman–Crippen LogP) is 5.29. The Bertz CT molecular complexity index is 464. The number of halogens is 2. The molecule has 4 heteroatoms. The van der Waals surface area contributed by atoms with Crippen LogP contribution in [-0.2, 0) is 0 Å². The highest BCUT2D eigenvalue weighted by Crippen LogP contribution is 2.22. The molecule has 0 heterocycles. The molecule has 1 rings (SSSR count). The molecule has 0 atom stereocenters. The SMILES string of the molecule is CC(C)CN(CCC(=O)c1ccc(Br)cc1Cl)CC(C)C. The van der Waals surface area contributed by atoms with Gasteiger partial charge in [0.2, 0.25) is 0 Å². The first-order chi connectivity index (χ1) is 9.79. The molecule has 0 spiro atoms. The number of carbonyl (C=O) groups excluding carboxylic acids is 1. The average Bonchev–Trinajstić information content (AvgIpc) is 2.34. The molecule has 0 aliphatic carbocycles. The maximum atomic E-state index is 12.3. The second-order valence-corrected chi connectivity index (χ2v) is 7.67. The first-order valence-electron chi connectivity index (χ1n) is 7.50. The van der Waals surface area contributed by atoms with Crippen molar-refractivity contribution in [3.8, 4) is 0 Å². The van der Waals surface area contributed by atoms with Crippen LogP contribution in [0.3, 0.4) is 0 Å². The Morgan fingerprint density at radius 1 is 1.19 bits per heavy atom. The molecule has 0 bridgehead atoms. The summed E-state index contributed by atoms with van der Waals surface area (Å²) in [6, 6.07) is 5.43. The average molecular weight is 375 g/mol. The molecule has 0 N–H and O–H groups in total. The van der Waals surface area contributed by atoms with E-state index < -0.39 is 0 Å². The smallest absolute Gasteiger partial charge is 0.165 e. The van der Waals surface area contributed by atoms with Crippen molar-refractivity contribution in [1.29, 1.82) is 0 Å². The van der Waals surface area contributed by atoms with Gasteiger partial charge >= 0.3 is 0 Å². The van der Waals surface area contributed by atoms with E-state index in [4.69, 9.17) is 11.6 Å². The fraction of sp³-hybridized carbons (Fsp3) is 0.588. The van der Waals surface area contributed by atoms with E-state index in [0.29, 0.717) is 28.8 Å². The van der Waals surface area contributed by atoms with E-state index in [1.807, 2.05) is 6.07 Å². The number of Topliss-reactive ketones (excluding diaryl/α,β-unsaturated/α-hetero) is 1. The summed E-state index contributed by atoms with van der Waals surface area (Å²) in [5, 5.41) is 0.522. The summed E-state index contributed by atoms with van der Waals surface area (Å²) in [4.78, 5) is 14.7. The summed E-state index contributed by atoms with van der Waals surface area (Å²) >= 11 is 9.50. The predicted molar refractivity (Wildman–Crippen MR) is 94.2 cm³/mol. The molecule has 2 nitrogen and oxygen atoms in total. The van der Waals surface area contributed by atoms with Crippen molar-refractivity contribution in [2.75, 3.05) is 19.6 Å². The van der Waals surface area contributed by atoms with Gasteiger partial charge in [0.1, 0.15) is 0 Å². The second-order valence-electron chi connectivity index (χ2n) is 6.34. The van der Waals surface area contributed by atoms with Gasteiger partial charge < -0.3 is 4.90 Å². The number of benzene rings is 1. The van der Waals surface area contributed by atoms with Crippen LogP contribution >= 0.6 is 27.5 Å². The van der Waals surface area contributed by atoms with E-state index in [9.17, 15) is 4.79 Å². The van der Waals surface area contributed by atoms with Crippen LogP contribution in [0.25, 0.3) is 0 Å². The van der Waals surface area contributed by atoms with Crippen molar-refractivity contribution in [2.24, 2.45) is 11.8 Å². The Morgan fingerprint density at radius 2 is 1.76 bits per heavy atom.